The van der Waals surface area contributed by atoms with Crippen LogP contribution in [0, 0.1) is 0 Å². The molecule has 3 nitrogen and oxygen atoms in total. The normalized spacial score (nSPS) is 8.42. The second-order valence-electron chi connectivity index (χ2n) is 2.51. The van der Waals surface area contributed by atoms with Gasteiger partial charge in [0.1, 0.15) is 0 Å². The van der Waals surface area contributed by atoms with Gasteiger partial charge in [-0.15, -0.1) is 12.4 Å². The summed E-state index contributed by atoms with van der Waals surface area (Å²) in [7, 11) is 0. The molecule has 4 heteroatoms. The predicted molar refractivity (Wildman–Crippen MR) is 54.0 cm³/mol. The highest BCUT2D eigenvalue weighted by atomic mass is 35.5. The molecule has 0 saturated heterocycles. The van der Waals surface area contributed by atoms with E-state index in [1.54, 1.807) is 0 Å². The van der Waals surface area contributed by atoms with Crippen LogP contribution in [-0.4, -0.2) is 9.55 Å². The third-order valence-electron chi connectivity index (χ3n) is 1.58. The van der Waals surface area contributed by atoms with Crippen molar-refractivity contribution in [1.82, 2.24) is 15.7 Å². The first-order valence-electron chi connectivity index (χ1n) is 3.89. The summed E-state index contributed by atoms with van der Waals surface area (Å²) < 4.78 is 2.12. The number of aryl methyl sites for hydroxylation is 1. The van der Waals surface area contributed by atoms with Crippen molar-refractivity contribution in [3.8, 4) is 0 Å². The van der Waals surface area contributed by atoms with E-state index in [0.717, 1.165) is 6.54 Å². The second kappa shape index (κ2) is 8.56. The zero-order chi connectivity index (χ0) is 7.23. The zero-order valence-electron chi connectivity index (χ0n) is 7.57. The zero-order valence-corrected chi connectivity index (χ0v) is 8.39. The van der Waals surface area contributed by atoms with Crippen LogP contribution in [0.3, 0.4) is 0 Å². The molecular weight excluding hydrogens is 174 g/mol. The smallest absolute Gasteiger partial charge is 0.0945 e. The van der Waals surface area contributed by atoms with Gasteiger partial charge in [-0.2, -0.15) is 0 Å². The highest BCUT2D eigenvalue weighted by molar-refractivity contribution is 5.85. The molecule has 0 spiro atoms. The van der Waals surface area contributed by atoms with Gasteiger partial charge in [0.05, 0.1) is 6.33 Å². The van der Waals surface area contributed by atoms with Crippen molar-refractivity contribution < 1.29 is 0 Å². The molecule has 1 aromatic rings. The first-order valence-corrected chi connectivity index (χ1v) is 3.89. The first kappa shape index (κ1) is 14.0. The fourth-order valence-corrected chi connectivity index (χ4v) is 0.963. The monoisotopic (exact) mass is 191 g/mol. The third kappa shape index (κ3) is 5.16. The first-order chi connectivity index (χ1) is 4.93. The molecule has 0 fully saturated rings. The Bertz CT molecular complexity index is 163. The summed E-state index contributed by atoms with van der Waals surface area (Å²) in [4.78, 5) is 3.96. The van der Waals surface area contributed by atoms with Gasteiger partial charge in [-0.25, -0.2) is 4.98 Å². The molecule has 0 aliphatic rings. The van der Waals surface area contributed by atoms with Crippen molar-refractivity contribution in [2.24, 2.45) is 0 Å². The van der Waals surface area contributed by atoms with Crippen LogP contribution in [0.5, 0.6) is 0 Å². The van der Waals surface area contributed by atoms with Crippen LogP contribution in [0.25, 0.3) is 0 Å². The van der Waals surface area contributed by atoms with Crippen LogP contribution in [0.4, 0.5) is 0 Å². The van der Waals surface area contributed by atoms with E-state index in [0.29, 0.717) is 0 Å². The van der Waals surface area contributed by atoms with E-state index < -0.39 is 0 Å². The van der Waals surface area contributed by atoms with Gasteiger partial charge < -0.3 is 10.7 Å². The summed E-state index contributed by atoms with van der Waals surface area (Å²) >= 11 is 0. The van der Waals surface area contributed by atoms with E-state index in [1.807, 2.05) is 18.7 Å². The summed E-state index contributed by atoms with van der Waals surface area (Å²) in [5.41, 5.74) is 0. The highest BCUT2D eigenvalue weighted by Gasteiger charge is 1.87. The van der Waals surface area contributed by atoms with E-state index in [2.05, 4.69) is 16.5 Å². The lowest BCUT2D eigenvalue weighted by atomic mass is 10.2. The fraction of sp³-hybridized carbons (Fsp3) is 0.625. The molecule has 1 rings (SSSR count). The van der Waals surface area contributed by atoms with Crippen LogP contribution in [0.15, 0.2) is 18.7 Å². The predicted octanol–water partition coefficient (Wildman–Crippen LogP) is 2.66. The average Bonchev–Trinajstić information content (AvgIpc) is 2.41. The maximum Gasteiger partial charge on any atom is 0.0945 e. The Morgan fingerprint density at radius 1 is 1.33 bits per heavy atom. The molecule has 3 N–H and O–H groups in total. The molecule has 1 heterocycles. The Morgan fingerprint density at radius 3 is 2.58 bits per heavy atom. The molecule has 0 bridgehead atoms. The molecule has 0 atom stereocenters. The lowest BCUT2D eigenvalue weighted by Gasteiger charge is -1.98. The van der Waals surface area contributed by atoms with Gasteiger partial charge in [0.25, 0.3) is 0 Å². The number of nitrogens with zero attached hydrogens (tertiary/aromatic N) is 2. The number of imidazole rings is 1. The largest absolute Gasteiger partial charge is 0.344 e. The fourth-order valence-electron chi connectivity index (χ4n) is 0.963. The molecule has 0 aliphatic carbocycles. The number of halogens is 1. The second-order valence-corrected chi connectivity index (χ2v) is 2.51. The van der Waals surface area contributed by atoms with E-state index >= 15 is 0 Å². The molecule has 0 amide bonds. The van der Waals surface area contributed by atoms with Gasteiger partial charge in [-0.05, 0) is 6.42 Å². The van der Waals surface area contributed by atoms with E-state index in [-0.39, 0.29) is 18.6 Å². The minimum atomic E-state index is 0. The van der Waals surface area contributed by atoms with Gasteiger partial charge in [-0.3, -0.25) is 0 Å². The number of rotatable bonds is 4. The van der Waals surface area contributed by atoms with E-state index in [1.165, 1.54) is 19.3 Å². The quantitative estimate of drug-likeness (QED) is 0.744. The maximum absolute atomic E-state index is 3.96. The molecule has 0 saturated carbocycles. The summed E-state index contributed by atoms with van der Waals surface area (Å²) in [5, 5.41) is 0. The molecule has 1 aromatic heterocycles. The SMILES string of the molecule is CCCCCn1ccnc1.Cl.N. The Kier molecular flexibility index (Phi) is 9.99. The number of hydrogen-bond acceptors (Lipinski definition) is 2. The third-order valence-corrected chi connectivity index (χ3v) is 1.58. The molecular formula is C8H18ClN3. The summed E-state index contributed by atoms with van der Waals surface area (Å²) in [5.74, 6) is 0. The highest BCUT2D eigenvalue weighted by Crippen LogP contribution is 1.97. The van der Waals surface area contributed by atoms with Crippen molar-refractivity contribution in [2.45, 2.75) is 32.7 Å². The Morgan fingerprint density at radius 2 is 2.08 bits per heavy atom. The lowest BCUT2D eigenvalue weighted by Crippen LogP contribution is -1.92. The average molecular weight is 192 g/mol. The molecule has 0 radical (unpaired) electrons. The van der Waals surface area contributed by atoms with Gasteiger partial charge in [-0.1, -0.05) is 19.8 Å². The standard InChI is InChI=1S/C8H14N2.ClH.H3N/c1-2-3-4-6-10-7-5-9-8-10;;/h5,7-8H,2-4,6H2,1H3;1H;1H3. The Hall–Kier alpha value is -0.540. The molecule has 0 unspecified atom stereocenters. The topological polar surface area (TPSA) is 52.8 Å². The van der Waals surface area contributed by atoms with Gasteiger partial charge in [0, 0.05) is 18.9 Å². The van der Waals surface area contributed by atoms with Crippen molar-refractivity contribution in [3.05, 3.63) is 18.7 Å². The van der Waals surface area contributed by atoms with E-state index in [4.69, 9.17) is 0 Å². The van der Waals surface area contributed by atoms with Crippen molar-refractivity contribution in [2.75, 3.05) is 0 Å². The summed E-state index contributed by atoms with van der Waals surface area (Å²) in [6, 6.07) is 0. The Labute approximate surface area is 80.2 Å². The molecule has 0 aliphatic heterocycles. The summed E-state index contributed by atoms with van der Waals surface area (Å²) in [6.45, 7) is 3.34. The van der Waals surface area contributed by atoms with Crippen molar-refractivity contribution in [3.63, 3.8) is 0 Å². The number of aromatic nitrogens is 2. The number of unbranched alkanes of at least 4 members (excludes halogenated alkanes) is 2. The number of hydrogen-bond donors (Lipinski definition) is 1. The van der Waals surface area contributed by atoms with Crippen LogP contribution in [0.2, 0.25) is 0 Å². The van der Waals surface area contributed by atoms with Gasteiger partial charge >= 0.3 is 0 Å². The lowest BCUT2D eigenvalue weighted by molar-refractivity contribution is 0.602. The van der Waals surface area contributed by atoms with Crippen molar-refractivity contribution in [1.29, 1.82) is 0 Å². The molecule has 12 heavy (non-hydrogen) atoms. The minimum Gasteiger partial charge on any atom is -0.344 e. The van der Waals surface area contributed by atoms with Crippen LogP contribution < -0.4 is 6.15 Å². The minimum absolute atomic E-state index is 0. The van der Waals surface area contributed by atoms with Crippen LogP contribution in [0.1, 0.15) is 26.2 Å². The van der Waals surface area contributed by atoms with Gasteiger partial charge in [0.15, 0.2) is 0 Å². The van der Waals surface area contributed by atoms with Crippen LogP contribution in [-0.2, 0) is 6.54 Å². The molecule has 0 aromatic carbocycles. The van der Waals surface area contributed by atoms with E-state index in [9.17, 15) is 0 Å². The van der Waals surface area contributed by atoms with Crippen molar-refractivity contribution >= 4 is 12.4 Å². The maximum atomic E-state index is 3.96. The summed E-state index contributed by atoms with van der Waals surface area (Å²) in [6.07, 6.45) is 9.58. The molecule has 72 valence electrons. The Balaban J connectivity index is 0. The van der Waals surface area contributed by atoms with Crippen LogP contribution >= 0.6 is 12.4 Å². The van der Waals surface area contributed by atoms with Gasteiger partial charge in [0.2, 0.25) is 0 Å².